The molecular formula is C12H16FN3O5S. The predicted octanol–water partition coefficient (Wildman–Crippen LogP) is 0.547. The SMILES string of the molecule is CCOC(=O)c1c(N2CC(CS(=O)(=O)F)CC2=O)n[nH]c1C. The van der Waals surface area contributed by atoms with E-state index in [4.69, 9.17) is 4.74 Å². The van der Waals surface area contributed by atoms with Crippen LogP contribution in [0.1, 0.15) is 29.4 Å². The van der Waals surface area contributed by atoms with E-state index in [1.54, 1.807) is 13.8 Å². The van der Waals surface area contributed by atoms with Gasteiger partial charge in [-0.2, -0.15) is 13.5 Å². The molecule has 1 N–H and O–H groups in total. The van der Waals surface area contributed by atoms with E-state index in [1.165, 1.54) is 4.90 Å². The van der Waals surface area contributed by atoms with Gasteiger partial charge in [0.25, 0.3) is 0 Å². The average molecular weight is 333 g/mol. The zero-order valence-corrected chi connectivity index (χ0v) is 12.9. The minimum atomic E-state index is -4.67. The minimum absolute atomic E-state index is 0.0152. The molecule has 1 fully saturated rings. The molecule has 1 unspecified atom stereocenters. The monoisotopic (exact) mass is 333 g/mol. The molecule has 1 aliphatic rings. The maximum Gasteiger partial charge on any atom is 0.343 e. The molecule has 122 valence electrons. The first kappa shape index (κ1) is 16.4. The van der Waals surface area contributed by atoms with Crippen LogP contribution in [0.2, 0.25) is 0 Å². The summed E-state index contributed by atoms with van der Waals surface area (Å²) in [7, 11) is -4.67. The molecule has 1 aromatic heterocycles. The van der Waals surface area contributed by atoms with E-state index in [1.807, 2.05) is 0 Å². The van der Waals surface area contributed by atoms with Gasteiger partial charge in [-0.15, -0.1) is 3.89 Å². The summed E-state index contributed by atoms with van der Waals surface area (Å²) in [4.78, 5) is 25.1. The summed E-state index contributed by atoms with van der Waals surface area (Å²) < 4.78 is 39.1. The van der Waals surface area contributed by atoms with Crippen molar-refractivity contribution in [2.75, 3.05) is 23.8 Å². The highest BCUT2D eigenvalue weighted by Crippen LogP contribution is 2.29. The first-order chi connectivity index (χ1) is 10.2. The summed E-state index contributed by atoms with van der Waals surface area (Å²) in [5.41, 5.74) is 0.557. The molecule has 1 saturated heterocycles. The van der Waals surface area contributed by atoms with Gasteiger partial charge in [0.1, 0.15) is 5.56 Å². The molecule has 0 radical (unpaired) electrons. The molecule has 0 spiro atoms. The molecule has 1 aliphatic heterocycles. The number of H-pyrrole nitrogens is 1. The zero-order valence-electron chi connectivity index (χ0n) is 12.1. The Morgan fingerprint density at radius 1 is 1.55 bits per heavy atom. The molecule has 1 atom stereocenters. The van der Waals surface area contributed by atoms with Crippen LogP contribution in [-0.4, -0.2) is 49.4 Å². The summed E-state index contributed by atoms with van der Waals surface area (Å²) in [5.74, 6) is -2.36. The van der Waals surface area contributed by atoms with Crippen LogP contribution in [0.5, 0.6) is 0 Å². The van der Waals surface area contributed by atoms with E-state index in [2.05, 4.69) is 10.2 Å². The van der Waals surface area contributed by atoms with E-state index in [9.17, 15) is 21.9 Å². The number of esters is 1. The molecule has 10 heteroatoms. The average Bonchev–Trinajstić information content (AvgIpc) is 2.90. The van der Waals surface area contributed by atoms with Crippen LogP contribution in [0.4, 0.5) is 9.70 Å². The second-order valence-corrected chi connectivity index (χ2v) is 6.46. The van der Waals surface area contributed by atoms with E-state index in [-0.39, 0.29) is 31.0 Å². The van der Waals surface area contributed by atoms with Crippen molar-refractivity contribution >= 4 is 27.9 Å². The molecule has 1 amide bonds. The number of hydrogen-bond donors (Lipinski definition) is 1. The molecule has 0 aromatic carbocycles. The second-order valence-electron chi connectivity index (χ2n) is 5.05. The van der Waals surface area contributed by atoms with E-state index in [0.29, 0.717) is 5.69 Å². The normalized spacial score (nSPS) is 18.8. The lowest BCUT2D eigenvalue weighted by molar-refractivity contribution is -0.117. The maximum absolute atomic E-state index is 12.8. The fourth-order valence-corrected chi connectivity index (χ4v) is 3.23. The van der Waals surface area contributed by atoms with Crippen LogP contribution >= 0.6 is 0 Å². The van der Waals surface area contributed by atoms with Gasteiger partial charge >= 0.3 is 16.2 Å². The number of carbonyl (C=O) groups excluding carboxylic acids is 2. The molecule has 2 heterocycles. The van der Waals surface area contributed by atoms with E-state index >= 15 is 0 Å². The molecule has 0 bridgehead atoms. The van der Waals surface area contributed by atoms with Gasteiger partial charge in [-0.3, -0.25) is 14.8 Å². The summed E-state index contributed by atoms with van der Waals surface area (Å²) in [6.45, 7) is 3.40. The molecule has 0 saturated carbocycles. The van der Waals surface area contributed by atoms with Crippen LogP contribution in [0.25, 0.3) is 0 Å². The van der Waals surface area contributed by atoms with Crippen molar-refractivity contribution in [2.24, 2.45) is 5.92 Å². The number of carbonyl (C=O) groups is 2. The Morgan fingerprint density at radius 2 is 2.23 bits per heavy atom. The smallest absolute Gasteiger partial charge is 0.343 e. The molecular weight excluding hydrogens is 317 g/mol. The number of halogens is 1. The molecule has 2 rings (SSSR count). The lowest BCUT2D eigenvalue weighted by atomic mass is 10.1. The van der Waals surface area contributed by atoms with Crippen LogP contribution in [0, 0.1) is 12.8 Å². The first-order valence-corrected chi connectivity index (χ1v) is 8.23. The third-order valence-corrected chi connectivity index (χ3v) is 4.17. The topological polar surface area (TPSA) is 109 Å². The van der Waals surface area contributed by atoms with Crippen LogP contribution in [-0.2, 0) is 19.8 Å². The minimum Gasteiger partial charge on any atom is -0.462 e. The molecule has 0 aliphatic carbocycles. The van der Waals surface area contributed by atoms with Crippen LogP contribution in [0.15, 0.2) is 0 Å². The van der Waals surface area contributed by atoms with Crippen molar-refractivity contribution in [3.8, 4) is 0 Å². The van der Waals surface area contributed by atoms with Crippen molar-refractivity contribution < 1.29 is 26.6 Å². The van der Waals surface area contributed by atoms with Gasteiger partial charge in [0.2, 0.25) is 5.91 Å². The number of amides is 1. The number of aromatic amines is 1. The van der Waals surface area contributed by atoms with Crippen molar-refractivity contribution in [3.05, 3.63) is 11.3 Å². The maximum atomic E-state index is 12.8. The number of nitrogens with zero attached hydrogens (tertiary/aromatic N) is 2. The van der Waals surface area contributed by atoms with Crippen molar-refractivity contribution in [1.82, 2.24) is 10.2 Å². The van der Waals surface area contributed by atoms with Gasteiger partial charge in [0.05, 0.1) is 12.4 Å². The lowest BCUT2D eigenvalue weighted by Gasteiger charge is -2.15. The van der Waals surface area contributed by atoms with Gasteiger partial charge in [-0.1, -0.05) is 0 Å². The fraction of sp³-hybridized carbons (Fsp3) is 0.583. The number of nitrogens with one attached hydrogen (secondary N) is 1. The highest BCUT2D eigenvalue weighted by molar-refractivity contribution is 7.86. The highest BCUT2D eigenvalue weighted by atomic mass is 32.3. The van der Waals surface area contributed by atoms with Gasteiger partial charge in [-0.05, 0) is 13.8 Å². The third-order valence-electron chi connectivity index (χ3n) is 3.30. The first-order valence-electron chi connectivity index (χ1n) is 6.67. The largest absolute Gasteiger partial charge is 0.462 e. The number of hydrogen-bond acceptors (Lipinski definition) is 6. The zero-order chi connectivity index (χ0) is 16.5. The van der Waals surface area contributed by atoms with Gasteiger partial charge in [0, 0.05) is 24.6 Å². The summed E-state index contributed by atoms with van der Waals surface area (Å²) in [5, 5.41) is 6.52. The Morgan fingerprint density at radius 3 is 2.82 bits per heavy atom. The van der Waals surface area contributed by atoms with Crippen LogP contribution < -0.4 is 4.90 Å². The van der Waals surface area contributed by atoms with Gasteiger partial charge < -0.3 is 4.74 Å². The summed E-state index contributed by atoms with van der Waals surface area (Å²) in [6, 6.07) is 0. The standard InChI is InChI=1S/C12H16FN3O5S/c1-3-21-12(18)10-7(2)14-15-11(10)16-5-8(4-9(16)17)6-22(13,19)20/h8H,3-6H2,1-2H3,(H,14,15). The Kier molecular flexibility index (Phi) is 4.50. The summed E-state index contributed by atoms with van der Waals surface area (Å²) in [6.07, 6.45) is -0.114. The van der Waals surface area contributed by atoms with Crippen molar-refractivity contribution in [2.45, 2.75) is 20.3 Å². The fourth-order valence-electron chi connectivity index (χ4n) is 2.44. The second kappa shape index (κ2) is 6.03. The number of ether oxygens (including phenoxy) is 1. The Bertz CT molecular complexity index is 700. The quantitative estimate of drug-likeness (QED) is 0.622. The van der Waals surface area contributed by atoms with E-state index < -0.39 is 33.8 Å². The lowest BCUT2D eigenvalue weighted by Crippen LogP contribution is -2.27. The number of aryl methyl sites for hydroxylation is 1. The highest BCUT2D eigenvalue weighted by Gasteiger charge is 2.37. The molecule has 22 heavy (non-hydrogen) atoms. The van der Waals surface area contributed by atoms with Gasteiger partial charge in [-0.25, -0.2) is 4.79 Å². The number of anilines is 1. The number of rotatable bonds is 5. The Balaban J connectivity index is 2.26. The third kappa shape index (κ3) is 3.43. The summed E-state index contributed by atoms with van der Waals surface area (Å²) >= 11 is 0. The van der Waals surface area contributed by atoms with Crippen molar-refractivity contribution in [1.29, 1.82) is 0 Å². The molecule has 1 aromatic rings. The Hall–Kier alpha value is -1.97. The molecule has 8 nitrogen and oxygen atoms in total. The Labute approximate surface area is 126 Å². The van der Waals surface area contributed by atoms with Crippen LogP contribution in [0.3, 0.4) is 0 Å². The van der Waals surface area contributed by atoms with Crippen molar-refractivity contribution in [3.63, 3.8) is 0 Å². The van der Waals surface area contributed by atoms with Gasteiger partial charge in [0.15, 0.2) is 5.82 Å². The number of aromatic nitrogens is 2. The predicted molar refractivity (Wildman–Crippen MR) is 74.6 cm³/mol. The van der Waals surface area contributed by atoms with E-state index in [0.717, 1.165) is 0 Å².